The monoisotopic (exact) mass is 387 g/mol. The molecule has 2 aromatic rings. The maximum atomic E-state index is 11.9. The van der Waals surface area contributed by atoms with Gasteiger partial charge in [-0.25, -0.2) is 4.79 Å². The van der Waals surface area contributed by atoms with Gasteiger partial charge in [-0.3, -0.25) is 9.59 Å². The molecule has 0 aliphatic heterocycles. The summed E-state index contributed by atoms with van der Waals surface area (Å²) >= 11 is 0. The number of anilines is 1. The Bertz CT molecular complexity index is 863. The molecular weight excluding hydrogens is 366 g/mol. The molecule has 0 fully saturated rings. The Balaban J connectivity index is 1.84. The number of ether oxygens (including phenoxy) is 4. The van der Waals surface area contributed by atoms with Gasteiger partial charge >= 0.3 is 5.97 Å². The van der Waals surface area contributed by atoms with Crippen molar-refractivity contribution in [1.82, 2.24) is 0 Å². The van der Waals surface area contributed by atoms with Gasteiger partial charge in [0.1, 0.15) is 5.75 Å². The van der Waals surface area contributed by atoms with Crippen molar-refractivity contribution in [1.29, 1.82) is 0 Å². The summed E-state index contributed by atoms with van der Waals surface area (Å²) in [7, 11) is 2.91. The molecule has 0 radical (unpaired) electrons. The van der Waals surface area contributed by atoms with E-state index in [1.807, 2.05) is 0 Å². The van der Waals surface area contributed by atoms with Crippen molar-refractivity contribution in [3.05, 3.63) is 48.0 Å². The third-order valence-electron chi connectivity index (χ3n) is 3.66. The molecule has 0 spiro atoms. The minimum Gasteiger partial charge on any atom is -0.495 e. The molecule has 2 aromatic carbocycles. The number of para-hydroxylation sites is 2. The molecule has 28 heavy (non-hydrogen) atoms. The summed E-state index contributed by atoms with van der Waals surface area (Å²) in [5, 5.41) is 2.59. The fraction of sp³-hybridized carbons (Fsp3) is 0.250. The Labute approximate surface area is 162 Å². The first-order valence-electron chi connectivity index (χ1n) is 8.35. The molecule has 2 rings (SSSR count). The number of carbonyl (C=O) groups is 3. The molecule has 1 N–H and O–H groups in total. The van der Waals surface area contributed by atoms with Crippen LogP contribution in [0.25, 0.3) is 0 Å². The SMILES string of the molecule is COc1ccccc1NC(=O)COC(=O)COc1ccc(C(C)=O)cc1OC. The van der Waals surface area contributed by atoms with Gasteiger partial charge in [-0.15, -0.1) is 0 Å². The van der Waals surface area contributed by atoms with E-state index in [1.54, 1.807) is 30.3 Å². The molecule has 0 aromatic heterocycles. The van der Waals surface area contributed by atoms with Crippen molar-refractivity contribution in [2.45, 2.75) is 6.92 Å². The highest BCUT2D eigenvalue weighted by Gasteiger charge is 2.13. The van der Waals surface area contributed by atoms with Gasteiger partial charge in [-0.2, -0.15) is 0 Å². The number of methoxy groups -OCH3 is 2. The van der Waals surface area contributed by atoms with Gasteiger partial charge < -0.3 is 24.3 Å². The highest BCUT2D eigenvalue weighted by molar-refractivity contribution is 5.95. The molecule has 0 heterocycles. The van der Waals surface area contributed by atoms with Crippen LogP contribution in [0.2, 0.25) is 0 Å². The fourth-order valence-corrected chi connectivity index (χ4v) is 2.26. The summed E-state index contributed by atoms with van der Waals surface area (Å²) in [4.78, 5) is 35.1. The normalized spacial score (nSPS) is 9.96. The van der Waals surface area contributed by atoms with Crippen LogP contribution in [-0.2, 0) is 14.3 Å². The van der Waals surface area contributed by atoms with Crippen molar-refractivity contribution < 1.29 is 33.3 Å². The van der Waals surface area contributed by atoms with Crippen LogP contribution in [0.3, 0.4) is 0 Å². The molecule has 0 aliphatic carbocycles. The van der Waals surface area contributed by atoms with Crippen LogP contribution in [0.1, 0.15) is 17.3 Å². The maximum Gasteiger partial charge on any atom is 0.344 e. The van der Waals surface area contributed by atoms with Gasteiger partial charge in [-0.05, 0) is 37.3 Å². The fourth-order valence-electron chi connectivity index (χ4n) is 2.26. The van der Waals surface area contributed by atoms with Crippen molar-refractivity contribution in [3.8, 4) is 17.2 Å². The molecule has 0 saturated heterocycles. The van der Waals surface area contributed by atoms with E-state index in [0.717, 1.165) is 0 Å². The number of rotatable bonds is 9. The van der Waals surface area contributed by atoms with Crippen molar-refractivity contribution in [2.75, 3.05) is 32.8 Å². The van der Waals surface area contributed by atoms with E-state index in [2.05, 4.69) is 5.32 Å². The number of Topliss-reactive ketones (excluding diaryl/α,β-unsaturated/α-hetero) is 1. The lowest BCUT2D eigenvalue weighted by Gasteiger charge is -2.12. The van der Waals surface area contributed by atoms with Gasteiger partial charge in [0.15, 0.2) is 30.5 Å². The highest BCUT2D eigenvalue weighted by Crippen LogP contribution is 2.28. The smallest absolute Gasteiger partial charge is 0.344 e. The van der Waals surface area contributed by atoms with Gasteiger partial charge in [-0.1, -0.05) is 12.1 Å². The second-order valence-corrected chi connectivity index (χ2v) is 5.62. The van der Waals surface area contributed by atoms with Gasteiger partial charge in [0.25, 0.3) is 5.91 Å². The quantitative estimate of drug-likeness (QED) is 0.521. The second-order valence-electron chi connectivity index (χ2n) is 5.62. The summed E-state index contributed by atoms with van der Waals surface area (Å²) in [5.41, 5.74) is 0.928. The van der Waals surface area contributed by atoms with E-state index in [4.69, 9.17) is 18.9 Å². The molecule has 0 atom stereocenters. The molecule has 8 heteroatoms. The number of hydrogen-bond acceptors (Lipinski definition) is 7. The minimum absolute atomic E-state index is 0.120. The van der Waals surface area contributed by atoms with Crippen LogP contribution in [0.4, 0.5) is 5.69 Å². The standard InChI is InChI=1S/C20H21NO7/c1-13(22)14-8-9-17(18(10-14)26-3)27-12-20(24)28-11-19(23)21-15-6-4-5-7-16(15)25-2/h4-10H,11-12H2,1-3H3,(H,21,23). The predicted molar refractivity (Wildman–Crippen MR) is 101 cm³/mol. The van der Waals surface area contributed by atoms with E-state index in [-0.39, 0.29) is 11.5 Å². The van der Waals surface area contributed by atoms with Crippen molar-refractivity contribution in [3.63, 3.8) is 0 Å². The molecule has 8 nitrogen and oxygen atoms in total. The van der Waals surface area contributed by atoms with Crippen LogP contribution < -0.4 is 19.5 Å². The lowest BCUT2D eigenvalue weighted by Crippen LogP contribution is -2.24. The largest absolute Gasteiger partial charge is 0.495 e. The van der Waals surface area contributed by atoms with E-state index in [1.165, 1.54) is 33.3 Å². The first kappa shape index (κ1) is 20.8. The van der Waals surface area contributed by atoms with Crippen LogP contribution >= 0.6 is 0 Å². The summed E-state index contributed by atoms with van der Waals surface area (Å²) < 4.78 is 20.5. The van der Waals surface area contributed by atoms with Gasteiger partial charge in [0.2, 0.25) is 0 Å². The zero-order valence-corrected chi connectivity index (χ0v) is 15.8. The first-order chi connectivity index (χ1) is 13.4. The lowest BCUT2D eigenvalue weighted by atomic mass is 10.1. The predicted octanol–water partition coefficient (Wildman–Crippen LogP) is 2.47. The summed E-state index contributed by atoms with van der Waals surface area (Å²) in [5.74, 6) is -0.275. The first-order valence-corrected chi connectivity index (χ1v) is 8.35. The molecule has 148 valence electrons. The van der Waals surface area contributed by atoms with Crippen molar-refractivity contribution >= 4 is 23.3 Å². The van der Waals surface area contributed by atoms with Crippen LogP contribution in [0.15, 0.2) is 42.5 Å². The summed E-state index contributed by atoms with van der Waals surface area (Å²) in [6.07, 6.45) is 0. The van der Waals surface area contributed by atoms with E-state index in [0.29, 0.717) is 22.7 Å². The number of amides is 1. The van der Waals surface area contributed by atoms with Crippen LogP contribution in [-0.4, -0.2) is 45.1 Å². The summed E-state index contributed by atoms with van der Waals surface area (Å²) in [6.45, 7) is 0.543. The summed E-state index contributed by atoms with van der Waals surface area (Å²) in [6, 6.07) is 11.5. The average molecular weight is 387 g/mol. The van der Waals surface area contributed by atoms with Crippen molar-refractivity contribution in [2.24, 2.45) is 0 Å². The maximum absolute atomic E-state index is 11.9. The van der Waals surface area contributed by atoms with Crippen LogP contribution in [0, 0.1) is 0 Å². The Kier molecular flexibility index (Phi) is 7.38. The van der Waals surface area contributed by atoms with Gasteiger partial charge in [0, 0.05) is 5.56 Å². The molecule has 0 unspecified atom stereocenters. The van der Waals surface area contributed by atoms with E-state index >= 15 is 0 Å². The second kappa shape index (κ2) is 9.96. The number of ketones is 1. The van der Waals surface area contributed by atoms with E-state index in [9.17, 15) is 14.4 Å². The molecule has 0 saturated carbocycles. The third kappa shape index (κ3) is 5.73. The topological polar surface area (TPSA) is 100 Å². The number of esters is 1. The molecule has 0 aliphatic rings. The average Bonchev–Trinajstić information content (AvgIpc) is 2.70. The number of hydrogen-bond donors (Lipinski definition) is 1. The molecule has 0 bridgehead atoms. The van der Waals surface area contributed by atoms with E-state index < -0.39 is 25.1 Å². The number of benzene rings is 2. The minimum atomic E-state index is -0.729. The third-order valence-corrected chi connectivity index (χ3v) is 3.66. The molecular formula is C20H21NO7. The van der Waals surface area contributed by atoms with Gasteiger partial charge in [0.05, 0.1) is 19.9 Å². The Morgan fingerprint density at radius 1 is 0.893 bits per heavy atom. The van der Waals surface area contributed by atoms with Crippen LogP contribution in [0.5, 0.6) is 17.2 Å². The number of carbonyl (C=O) groups excluding carboxylic acids is 3. The Morgan fingerprint density at radius 2 is 1.61 bits per heavy atom. The zero-order valence-electron chi connectivity index (χ0n) is 15.8. The Morgan fingerprint density at radius 3 is 2.29 bits per heavy atom. The number of nitrogens with one attached hydrogen (secondary N) is 1. The molecule has 1 amide bonds. The lowest BCUT2D eigenvalue weighted by molar-refractivity contribution is -0.149. The zero-order chi connectivity index (χ0) is 20.5. The highest BCUT2D eigenvalue weighted by atomic mass is 16.6. The Hall–Kier alpha value is -3.55.